The summed E-state index contributed by atoms with van der Waals surface area (Å²) in [4.78, 5) is 19.4. The molecule has 0 aliphatic rings. The van der Waals surface area contributed by atoms with Crippen molar-refractivity contribution in [2.75, 3.05) is 11.9 Å². The summed E-state index contributed by atoms with van der Waals surface area (Å²) in [6, 6.07) is 9.49. The fraction of sp³-hybridized carbons (Fsp3) is 0.190. The first kappa shape index (κ1) is 22.0. The standard InChI is InChI=1S/C21H19F2N7O3/c1-21(32,20(24)31)11-26-18-14(23)9-25-19(27-18)16-8-17(15-6-7-33-29-15)30(28-16)10-12-4-2-3-5-13(12)22/h2-9,32H,10-11H2,1H3,(H2,24,31)(H,25,26,27)/t21-/m0/s1. The lowest BCUT2D eigenvalue weighted by atomic mass is 10.1. The Morgan fingerprint density at radius 1 is 1.24 bits per heavy atom. The maximum atomic E-state index is 14.2. The smallest absolute Gasteiger partial charge is 0.250 e. The lowest BCUT2D eigenvalue weighted by Crippen LogP contribution is -2.46. The molecule has 0 spiro atoms. The second-order valence-corrected chi connectivity index (χ2v) is 7.43. The van der Waals surface area contributed by atoms with E-state index in [4.69, 9.17) is 10.3 Å². The first-order chi connectivity index (χ1) is 15.7. The molecule has 1 amide bonds. The molecule has 1 atom stereocenters. The third kappa shape index (κ3) is 4.70. The lowest BCUT2D eigenvalue weighted by molar-refractivity contribution is -0.133. The van der Waals surface area contributed by atoms with E-state index in [0.29, 0.717) is 17.0 Å². The van der Waals surface area contributed by atoms with Crippen molar-refractivity contribution in [3.63, 3.8) is 0 Å². The minimum Gasteiger partial charge on any atom is -0.378 e. The van der Waals surface area contributed by atoms with Gasteiger partial charge in [-0.15, -0.1) is 0 Å². The number of anilines is 1. The van der Waals surface area contributed by atoms with Gasteiger partial charge in [0.25, 0.3) is 5.91 Å². The number of rotatable bonds is 8. The summed E-state index contributed by atoms with van der Waals surface area (Å²) < 4.78 is 34.9. The second kappa shape index (κ2) is 8.74. The summed E-state index contributed by atoms with van der Waals surface area (Å²) >= 11 is 0. The minimum atomic E-state index is -1.92. The van der Waals surface area contributed by atoms with Crippen molar-refractivity contribution in [3.8, 4) is 22.9 Å². The van der Waals surface area contributed by atoms with Gasteiger partial charge in [-0.1, -0.05) is 23.4 Å². The van der Waals surface area contributed by atoms with Crippen molar-refractivity contribution >= 4 is 11.7 Å². The first-order valence-corrected chi connectivity index (χ1v) is 9.75. The zero-order valence-electron chi connectivity index (χ0n) is 17.4. The van der Waals surface area contributed by atoms with Crippen LogP contribution in [-0.2, 0) is 11.3 Å². The van der Waals surface area contributed by atoms with Crippen molar-refractivity contribution in [1.29, 1.82) is 0 Å². The molecule has 0 bridgehead atoms. The number of benzene rings is 1. The molecule has 0 aliphatic heterocycles. The molecule has 12 heteroatoms. The van der Waals surface area contributed by atoms with Gasteiger partial charge >= 0.3 is 0 Å². The predicted molar refractivity (Wildman–Crippen MR) is 113 cm³/mol. The van der Waals surface area contributed by atoms with Crippen molar-refractivity contribution < 1.29 is 23.2 Å². The highest BCUT2D eigenvalue weighted by molar-refractivity contribution is 5.83. The molecule has 0 fully saturated rings. The van der Waals surface area contributed by atoms with E-state index in [1.165, 1.54) is 23.9 Å². The van der Waals surface area contributed by atoms with Gasteiger partial charge in [-0.2, -0.15) is 5.10 Å². The van der Waals surface area contributed by atoms with Gasteiger partial charge in [-0.25, -0.2) is 18.7 Å². The average Bonchev–Trinajstić information content (AvgIpc) is 3.45. The van der Waals surface area contributed by atoms with Crippen LogP contribution in [0.2, 0.25) is 0 Å². The number of amides is 1. The Kier molecular flexibility index (Phi) is 5.84. The van der Waals surface area contributed by atoms with Crippen LogP contribution in [0.1, 0.15) is 12.5 Å². The second-order valence-electron chi connectivity index (χ2n) is 7.43. The van der Waals surface area contributed by atoms with Gasteiger partial charge in [0, 0.05) is 11.6 Å². The van der Waals surface area contributed by atoms with E-state index >= 15 is 0 Å². The molecule has 0 aliphatic carbocycles. The number of halogens is 2. The summed E-state index contributed by atoms with van der Waals surface area (Å²) in [6.45, 7) is 0.904. The fourth-order valence-corrected chi connectivity index (χ4v) is 2.94. The Balaban J connectivity index is 1.69. The van der Waals surface area contributed by atoms with Crippen molar-refractivity contribution in [2.24, 2.45) is 5.73 Å². The minimum absolute atomic E-state index is 0.0506. The highest BCUT2D eigenvalue weighted by atomic mass is 19.1. The van der Waals surface area contributed by atoms with Crippen LogP contribution in [0.4, 0.5) is 14.6 Å². The number of aromatic nitrogens is 5. The van der Waals surface area contributed by atoms with Crippen LogP contribution < -0.4 is 11.1 Å². The quantitative estimate of drug-likeness (QED) is 0.366. The number of carbonyl (C=O) groups excluding carboxylic acids is 1. The molecule has 0 saturated heterocycles. The number of nitrogens with one attached hydrogen (secondary N) is 1. The monoisotopic (exact) mass is 455 g/mol. The first-order valence-electron chi connectivity index (χ1n) is 9.75. The van der Waals surface area contributed by atoms with Gasteiger partial charge in [0.2, 0.25) is 0 Å². The van der Waals surface area contributed by atoms with Gasteiger partial charge < -0.3 is 20.7 Å². The maximum Gasteiger partial charge on any atom is 0.250 e. The fourth-order valence-electron chi connectivity index (χ4n) is 2.94. The number of hydrogen-bond donors (Lipinski definition) is 3. The summed E-state index contributed by atoms with van der Waals surface area (Å²) in [6.07, 6.45) is 2.31. The zero-order valence-corrected chi connectivity index (χ0v) is 17.4. The summed E-state index contributed by atoms with van der Waals surface area (Å²) in [5.74, 6) is -2.38. The molecule has 0 radical (unpaired) electrons. The molecule has 33 heavy (non-hydrogen) atoms. The van der Waals surface area contributed by atoms with Gasteiger partial charge in [0.1, 0.15) is 23.5 Å². The molecule has 4 aromatic rings. The predicted octanol–water partition coefficient (Wildman–Crippen LogP) is 1.97. The third-order valence-corrected chi connectivity index (χ3v) is 4.86. The van der Waals surface area contributed by atoms with Crippen LogP contribution in [0.25, 0.3) is 22.9 Å². The number of hydrogen-bond acceptors (Lipinski definition) is 8. The Morgan fingerprint density at radius 2 is 2.03 bits per heavy atom. The largest absolute Gasteiger partial charge is 0.378 e. The van der Waals surface area contributed by atoms with E-state index < -0.39 is 23.1 Å². The highest BCUT2D eigenvalue weighted by Gasteiger charge is 2.28. The summed E-state index contributed by atoms with van der Waals surface area (Å²) in [7, 11) is 0. The number of nitrogens with zero attached hydrogens (tertiary/aromatic N) is 5. The van der Waals surface area contributed by atoms with E-state index in [0.717, 1.165) is 6.20 Å². The Hall–Kier alpha value is -4.19. The van der Waals surface area contributed by atoms with E-state index in [1.807, 2.05) is 0 Å². The molecule has 3 aromatic heterocycles. The van der Waals surface area contributed by atoms with Crippen LogP contribution in [0.5, 0.6) is 0 Å². The molecule has 170 valence electrons. The van der Waals surface area contributed by atoms with Crippen molar-refractivity contribution in [1.82, 2.24) is 24.9 Å². The Morgan fingerprint density at radius 3 is 2.73 bits per heavy atom. The highest BCUT2D eigenvalue weighted by Crippen LogP contribution is 2.26. The van der Waals surface area contributed by atoms with Gasteiger partial charge in [0.05, 0.1) is 25.0 Å². The van der Waals surface area contributed by atoms with Crippen LogP contribution >= 0.6 is 0 Å². The normalized spacial score (nSPS) is 13.0. The molecule has 1 aromatic carbocycles. The molecule has 10 nitrogen and oxygen atoms in total. The van der Waals surface area contributed by atoms with E-state index in [2.05, 4.69) is 25.5 Å². The van der Waals surface area contributed by atoms with Crippen LogP contribution in [0.3, 0.4) is 0 Å². The maximum absolute atomic E-state index is 14.2. The molecular formula is C21H19F2N7O3. The van der Waals surface area contributed by atoms with Crippen LogP contribution in [0, 0.1) is 11.6 Å². The molecule has 3 heterocycles. The molecule has 0 unspecified atom stereocenters. The summed E-state index contributed by atoms with van der Waals surface area (Å²) in [5, 5.41) is 20.9. The van der Waals surface area contributed by atoms with E-state index in [-0.39, 0.29) is 30.4 Å². The zero-order chi connectivity index (χ0) is 23.6. The lowest BCUT2D eigenvalue weighted by Gasteiger charge is -2.20. The number of primary amides is 1. The van der Waals surface area contributed by atoms with Gasteiger partial charge in [0.15, 0.2) is 23.1 Å². The van der Waals surface area contributed by atoms with E-state index in [9.17, 15) is 18.7 Å². The van der Waals surface area contributed by atoms with Crippen LogP contribution in [-0.4, -0.2) is 48.1 Å². The topological polar surface area (TPSA) is 145 Å². The molecule has 0 saturated carbocycles. The Bertz CT molecular complexity index is 1290. The molecule has 4 N–H and O–H groups in total. The molecule has 4 rings (SSSR count). The molecular weight excluding hydrogens is 436 g/mol. The van der Waals surface area contributed by atoms with E-state index in [1.54, 1.807) is 30.3 Å². The Labute approximate surface area is 186 Å². The average molecular weight is 455 g/mol. The number of nitrogens with two attached hydrogens (primary N) is 1. The van der Waals surface area contributed by atoms with Gasteiger partial charge in [-0.3, -0.25) is 9.48 Å². The van der Waals surface area contributed by atoms with Gasteiger partial charge in [-0.05, 0) is 19.1 Å². The summed E-state index contributed by atoms with van der Waals surface area (Å²) in [5.41, 5.74) is 4.81. The number of aliphatic hydroxyl groups is 1. The van der Waals surface area contributed by atoms with Crippen LogP contribution in [0.15, 0.2) is 53.4 Å². The number of carbonyl (C=O) groups is 1. The van der Waals surface area contributed by atoms with Crippen molar-refractivity contribution in [2.45, 2.75) is 19.1 Å². The third-order valence-electron chi connectivity index (χ3n) is 4.86. The SMILES string of the molecule is C[C@](O)(CNc1nc(-c2cc(-c3ccon3)n(Cc3ccccc3F)n2)ncc1F)C(N)=O. The van der Waals surface area contributed by atoms with Crippen molar-refractivity contribution in [3.05, 3.63) is 66.1 Å².